The van der Waals surface area contributed by atoms with Gasteiger partial charge in [-0.15, -0.1) is 0 Å². The van der Waals surface area contributed by atoms with Crippen molar-refractivity contribution in [1.29, 1.82) is 0 Å². The monoisotopic (exact) mass is 416 g/mol. The van der Waals surface area contributed by atoms with Crippen molar-refractivity contribution in [3.8, 4) is 0 Å². The fourth-order valence-electron chi connectivity index (χ4n) is 3.53. The molecule has 1 fully saturated rings. The normalized spacial score (nSPS) is 14.7. The summed E-state index contributed by atoms with van der Waals surface area (Å²) in [4.78, 5) is 40.9. The van der Waals surface area contributed by atoms with E-state index in [9.17, 15) is 14.4 Å². The average Bonchev–Trinajstić information content (AvgIpc) is 3.08. The van der Waals surface area contributed by atoms with E-state index >= 15 is 0 Å². The van der Waals surface area contributed by atoms with Crippen LogP contribution in [0.25, 0.3) is 11.0 Å². The highest BCUT2D eigenvalue weighted by Crippen LogP contribution is 2.25. The third-order valence-electron chi connectivity index (χ3n) is 5.68. The number of piperazine rings is 1. The van der Waals surface area contributed by atoms with Crippen molar-refractivity contribution in [2.75, 3.05) is 53.4 Å². The van der Waals surface area contributed by atoms with Gasteiger partial charge in [-0.25, -0.2) is 0 Å². The first-order valence-corrected chi connectivity index (χ1v) is 10.2. The van der Waals surface area contributed by atoms with Crippen LogP contribution in [0.3, 0.4) is 0 Å². The van der Waals surface area contributed by atoms with Crippen molar-refractivity contribution in [2.45, 2.75) is 20.3 Å². The summed E-state index contributed by atoms with van der Waals surface area (Å²) < 4.78 is 10.8. The summed E-state index contributed by atoms with van der Waals surface area (Å²) in [6.07, 6.45) is 1.64. The Bertz CT molecular complexity index is 942. The first kappa shape index (κ1) is 21.8. The third-order valence-corrected chi connectivity index (χ3v) is 5.68. The molecule has 1 N–H and O–H groups in total. The second-order valence-electron chi connectivity index (χ2n) is 8.13. The van der Waals surface area contributed by atoms with Crippen LogP contribution in [0, 0.1) is 13.8 Å². The summed E-state index contributed by atoms with van der Waals surface area (Å²) in [5, 5.41) is 0.896. The van der Waals surface area contributed by atoms with E-state index in [1.165, 1.54) is 0 Å². The number of benzene rings is 1. The lowest BCUT2D eigenvalue weighted by atomic mass is 10.0. The molecule has 30 heavy (non-hydrogen) atoms. The zero-order valence-corrected chi connectivity index (χ0v) is 18.1. The molecule has 162 valence electrons. The maximum absolute atomic E-state index is 12.4. The quantitative estimate of drug-likeness (QED) is 0.668. The molecular formula is C22H30N3O5+. The first-order chi connectivity index (χ1) is 14.2. The van der Waals surface area contributed by atoms with Crippen molar-refractivity contribution in [3.05, 3.63) is 35.1 Å². The highest BCUT2D eigenvalue weighted by Gasteiger charge is 2.26. The van der Waals surface area contributed by atoms with E-state index in [4.69, 9.17) is 9.15 Å². The van der Waals surface area contributed by atoms with Gasteiger partial charge in [-0.2, -0.15) is 0 Å². The van der Waals surface area contributed by atoms with Crippen LogP contribution < -0.4 is 4.90 Å². The Labute approximate surface area is 176 Å². The second-order valence-corrected chi connectivity index (χ2v) is 8.13. The number of rotatable bonds is 6. The summed E-state index contributed by atoms with van der Waals surface area (Å²) in [6, 6.07) is 3.96. The van der Waals surface area contributed by atoms with E-state index in [0.717, 1.165) is 32.6 Å². The molecule has 8 nitrogen and oxygen atoms in total. The van der Waals surface area contributed by atoms with Gasteiger partial charge in [0.15, 0.2) is 13.2 Å². The molecule has 1 aliphatic rings. The molecule has 0 aliphatic carbocycles. The third kappa shape index (κ3) is 5.18. The van der Waals surface area contributed by atoms with E-state index in [2.05, 4.69) is 0 Å². The molecular weight excluding hydrogens is 386 g/mol. The number of likely N-dealkylation sites (N-methyl/N-ethyl adjacent to an activating group) is 1. The van der Waals surface area contributed by atoms with Crippen molar-refractivity contribution >= 4 is 28.8 Å². The maximum atomic E-state index is 12.4. The molecule has 0 saturated carbocycles. The van der Waals surface area contributed by atoms with E-state index in [1.807, 2.05) is 26.0 Å². The van der Waals surface area contributed by atoms with Crippen molar-refractivity contribution in [3.63, 3.8) is 0 Å². The van der Waals surface area contributed by atoms with Crippen molar-refractivity contribution < 1.29 is 28.4 Å². The lowest BCUT2D eigenvalue weighted by Crippen LogP contribution is -3.15. The van der Waals surface area contributed by atoms with Crippen molar-refractivity contribution in [1.82, 2.24) is 9.80 Å². The van der Waals surface area contributed by atoms with Gasteiger partial charge >= 0.3 is 5.97 Å². The predicted molar refractivity (Wildman–Crippen MR) is 111 cm³/mol. The summed E-state index contributed by atoms with van der Waals surface area (Å²) in [6.45, 7) is 6.71. The van der Waals surface area contributed by atoms with Crippen LogP contribution in [0.5, 0.6) is 0 Å². The molecule has 2 amide bonds. The maximum Gasteiger partial charge on any atom is 0.310 e. The van der Waals surface area contributed by atoms with Crippen LogP contribution in [0.2, 0.25) is 0 Å². The van der Waals surface area contributed by atoms with Gasteiger partial charge in [0.1, 0.15) is 5.58 Å². The fraction of sp³-hybridized carbons (Fsp3) is 0.500. The zero-order valence-electron chi connectivity index (χ0n) is 18.1. The van der Waals surface area contributed by atoms with Gasteiger partial charge in [0.2, 0.25) is 0 Å². The predicted octanol–water partition coefficient (Wildman–Crippen LogP) is -0.0494. The molecule has 0 bridgehead atoms. The molecule has 8 heteroatoms. The van der Waals surface area contributed by atoms with Gasteiger partial charge in [-0.05, 0) is 37.1 Å². The van der Waals surface area contributed by atoms with Crippen LogP contribution in [0.15, 0.2) is 22.8 Å². The Balaban J connectivity index is 1.46. The van der Waals surface area contributed by atoms with Crippen LogP contribution in [-0.2, 0) is 25.5 Å². The molecule has 0 unspecified atom stereocenters. The standard InChI is InChI=1S/C22H29N3O5/c1-15-9-18-17(13-29-19(18)10-16(15)2)11-22(28)30-14-21(27)25-7-5-24(6-8-25)12-20(26)23(3)4/h9-10,13H,5-8,11-12,14H2,1-4H3/p+1. The Morgan fingerprint density at radius 1 is 1.13 bits per heavy atom. The minimum atomic E-state index is -0.454. The van der Waals surface area contributed by atoms with Gasteiger partial charge in [0.05, 0.1) is 38.9 Å². The largest absolute Gasteiger partial charge is 0.464 e. The molecule has 0 atom stereocenters. The number of amides is 2. The Kier molecular flexibility index (Phi) is 6.77. The fourth-order valence-corrected chi connectivity index (χ4v) is 3.53. The molecule has 2 heterocycles. The van der Waals surface area contributed by atoms with Crippen LogP contribution >= 0.6 is 0 Å². The van der Waals surface area contributed by atoms with Crippen LogP contribution in [-0.4, -0.2) is 81.0 Å². The number of fused-ring (bicyclic) bond motifs is 1. The SMILES string of the molecule is Cc1cc2occ(CC(=O)OCC(=O)N3CC[NH+](CC(=O)N(C)C)CC3)c2cc1C. The molecule has 0 spiro atoms. The van der Waals surface area contributed by atoms with Gasteiger partial charge in [-0.1, -0.05) is 0 Å². The van der Waals surface area contributed by atoms with Crippen LogP contribution in [0.1, 0.15) is 16.7 Å². The molecule has 0 radical (unpaired) electrons. The summed E-state index contributed by atoms with van der Waals surface area (Å²) in [5.41, 5.74) is 3.75. The molecule has 1 aromatic heterocycles. The highest BCUT2D eigenvalue weighted by atomic mass is 16.5. The number of esters is 1. The van der Waals surface area contributed by atoms with Gasteiger partial charge in [-0.3, -0.25) is 14.4 Å². The Morgan fingerprint density at radius 3 is 2.47 bits per heavy atom. The number of carbonyl (C=O) groups is 3. The van der Waals surface area contributed by atoms with E-state index < -0.39 is 5.97 Å². The lowest BCUT2D eigenvalue weighted by molar-refractivity contribution is -0.896. The van der Waals surface area contributed by atoms with Gasteiger partial charge in [0.25, 0.3) is 11.8 Å². The lowest BCUT2D eigenvalue weighted by Gasteiger charge is -2.32. The molecule has 1 saturated heterocycles. The minimum Gasteiger partial charge on any atom is -0.464 e. The number of nitrogens with one attached hydrogen (secondary N) is 1. The van der Waals surface area contributed by atoms with Crippen molar-refractivity contribution in [2.24, 2.45) is 0 Å². The Hall–Kier alpha value is -2.87. The molecule has 2 aromatic rings. The number of ether oxygens (including phenoxy) is 1. The molecule has 1 aromatic carbocycles. The number of hydrogen-bond acceptors (Lipinski definition) is 5. The number of nitrogens with zero attached hydrogens (tertiary/aromatic N) is 2. The zero-order chi connectivity index (χ0) is 21.8. The number of aryl methyl sites for hydroxylation is 2. The summed E-state index contributed by atoms with van der Waals surface area (Å²) in [5.74, 6) is -0.578. The van der Waals surface area contributed by atoms with Gasteiger partial charge < -0.3 is 23.9 Å². The van der Waals surface area contributed by atoms with E-state index in [0.29, 0.717) is 32.7 Å². The van der Waals surface area contributed by atoms with Crippen LogP contribution in [0.4, 0.5) is 0 Å². The number of carbonyl (C=O) groups excluding carboxylic acids is 3. The first-order valence-electron chi connectivity index (χ1n) is 10.2. The second kappa shape index (κ2) is 9.30. The summed E-state index contributed by atoms with van der Waals surface area (Å²) >= 11 is 0. The summed E-state index contributed by atoms with van der Waals surface area (Å²) in [7, 11) is 3.48. The number of furan rings is 1. The average molecular weight is 416 g/mol. The van der Waals surface area contributed by atoms with Gasteiger partial charge in [0, 0.05) is 25.0 Å². The smallest absolute Gasteiger partial charge is 0.310 e. The molecule has 3 rings (SSSR count). The number of hydrogen-bond donors (Lipinski definition) is 1. The number of quaternary nitrogens is 1. The topological polar surface area (TPSA) is 84.5 Å². The van der Waals surface area contributed by atoms with E-state index in [-0.39, 0.29) is 24.8 Å². The Morgan fingerprint density at radius 2 is 1.80 bits per heavy atom. The minimum absolute atomic E-state index is 0.0629. The molecule has 1 aliphatic heterocycles. The highest BCUT2D eigenvalue weighted by molar-refractivity contribution is 5.87. The van der Waals surface area contributed by atoms with E-state index in [1.54, 1.807) is 30.2 Å².